The third kappa shape index (κ3) is 5.09. The van der Waals surface area contributed by atoms with Gasteiger partial charge < -0.3 is 10.1 Å². The molecule has 0 bridgehead atoms. The van der Waals surface area contributed by atoms with Gasteiger partial charge in [0.1, 0.15) is 10.8 Å². The van der Waals surface area contributed by atoms with Gasteiger partial charge in [0.05, 0.1) is 24.1 Å². The van der Waals surface area contributed by atoms with Crippen LogP contribution in [-0.2, 0) is 4.79 Å². The lowest BCUT2D eigenvalue weighted by Gasteiger charge is -2.30. The second kappa shape index (κ2) is 9.84. The van der Waals surface area contributed by atoms with Gasteiger partial charge in [-0.15, -0.1) is 10.2 Å². The molecule has 0 atom stereocenters. The first-order valence-corrected chi connectivity index (χ1v) is 11.1. The fourth-order valence-electron chi connectivity index (χ4n) is 3.74. The van der Waals surface area contributed by atoms with Crippen molar-refractivity contribution in [3.05, 3.63) is 63.7 Å². The number of hydrogen-bond acceptors (Lipinski definition) is 8. The van der Waals surface area contributed by atoms with Crippen LogP contribution in [0.5, 0.6) is 5.75 Å². The molecule has 3 aromatic rings. The number of hydrogen-bond donors (Lipinski definition) is 1. The van der Waals surface area contributed by atoms with Crippen LogP contribution in [0.3, 0.4) is 0 Å². The van der Waals surface area contributed by atoms with E-state index < -0.39 is 4.92 Å². The molecule has 1 saturated heterocycles. The summed E-state index contributed by atoms with van der Waals surface area (Å²) in [7, 11) is 1.65. The number of benzene rings is 2. The monoisotopic (exact) mass is 453 g/mol. The van der Waals surface area contributed by atoms with Crippen molar-refractivity contribution in [3.8, 4) is 16.3 Å². The Kier molecular flexibility index (Phi) is 6.72. The minimum Gasteiger partial charge on any atom is -0.496 e. The Morgan fingerprint density at radius 3 is 2.59 bits per heavy atom. The SMILES string of the molecule is COc1ccccc1-c1nnc(C2CCN(CC(=O)Nc3ccc([N+](=O)[O-])cc3)CC2)s1. The average Bonchev–Trinajstić information content (AvgIpc) is 3.30. The van der Waals surface area contributed by atoms with Gasteiger partial charge in [0, 0.05) is 23.7 Å². The van der Waals surface area contributed by atoms with Crippen LogP contribution < -0.4 is 10.1 Å². The largest absolute Gasteiger partial charge is 0.496 e. The predicted molar refractivity (Wildman–Crippen MR) is 122 cm³/mol. The van der Waals surface area contributed by atoms with E-state index in [2.05, 4.69) is 20.4 Å². The molecule has 9 nitrogen and oxygen atoms in total. The number of amides is 1. The normalized spacial score (nSPS) is 14.8. The molecule has 4 rings (SSSR count). The highest BCUT2D eigenvalue weighted by atomic mass is 32.1. The molecule has 1 fully saturated rings. The lowest BCUT2D eigenvalue weighted by molar-refractivity contribution is -0.384. The molecule has 2 aromatic carbocycles. The highest BCUT2D eigenvalue weighted by molar-refractivity contribution is 7.14. The van der Waals surface area contributed by atoms with Crippen molar-refractivity contribution < 1.29 is 14.5 Å². The van der Waals surface area contributed by atoms with Crippen LogP contribution in [0.25, 0.3) is 10.6 Å². The van der Waals surface area contributed by atoms with Crippen LogP contribution in [0.15, 0.2) is 48.5 Å². The Bertz CT molecular complexity index is 1090. The Balaban J connectivity index is 1.29. The number of methoxy groups -OCH3 is 1. The molecule has 1 aliphatic heterocycles. The van der Waals surface area contributed by atoms with Crippen molar-refractivity contribution in [2.45, 2.75) is 18.8 Å². The van der Waals surface area contributed by atoms with E-state index >= 15 is 0 Å². The molecule has 166 valence electrons. The van der Waals surface area contributed by atoms with Gasteiger partial charge in [-0.2, -0.15) is 0 Å². The topological polar surface area (TPSA) is 110 Å². The van der Waals surface area contributed by atoms with E-state index in [4.69, 9.17) is 4.74 Å². The number of nitrogens with one attached hydrogen (secondary N) is 1. The van der Waals surface area contributed by atoms with Gasteiger partial charge >= 0.3 is 0 Å². The third-order valence-corrected chi connectivity index (χ3v) is 6.56. The maximum atomic E-state index is 12.4. The second-order valence-electron chi connectivity index (χ2n) is 7.55. The van der Waals surface area contributed by atoms with Crippen LogP contribution in [0.2, 0.25) is 0 Å². The van der Waals surface area contributed by atoms with E-state index in [0.717, 1.165) is 47.3 Å². The number of likely N-dealkylation sites (tertiary alicyclic amines) is 1. The molecule has 1 aromatic heterocycles. The summed E-state index contributed by atoms with van der Waals surface area (Å²) in [5, 5.41) is 24.2. The Morgan fingerprint density at radius 1 is 1.19 bits per heavy atom. The maximum absolute atomic E-state index is 12.4. The van der Waals surface area contributed by atoms with Crippen molar-refractivity contribution in [3.63, 3.8) is 0 Å². The van der Waals surface area contributed by atoms with Crippen LogP contribution in [0.4, 0.5) is 11.4 Å². The van der Waals surface area contributed by atoms with Crippen molar-refractivity contribution in [2.75, 3.05) is 32.1 Å². The highest BCUT2D eigenvalue weighted by Gasteiger charge is 2.25. The Labute approximate surface area is 189 Å². The third-order valence-electron chi connectivity index (χ3n) is 5.44. The summed E-state index contributed by atoms with van der Waals surface area (Å²) in [5.74, 6) is 0.973. The van der Waals surface area contributed by atoms with Gasteiger partial charge in [-0.3, -0.25) is 19.8 Å². The molecular formula is C22H23N5O4S. The van der Waals surface area contributed by atoms with Crippen molar-refractivity contribution in [1.29, 1.82) is 0 Å². The summed E-state index contributed by atoms with van der Waals surface area (Å²) in [6, 6.07) is 13.6. The lowest BCUT2D eigenvalue weighted by Crippen LogP contribution is -2.38. The number of anilines is 1. The first-order chi connectivity index (χ1) is 15.5. The fourth-order valence-corrected chi connectivity index (χ4v) is 4.78. The Hall–Kier alpha value is -3.37. The van der Waals surface area contributed by atoms with Crippen LogP contribution in [-0.4, -0.2) is 52.7 Å². The summed E-state index contributed by atoms with van der Waals surface area (Å²) in [6.45, 7) is 1.87. The first kappa shape index (κ1) is 21.8. The van der Waals surface area contributed by atoms with Crippen LogP contribution in [0.1, 0.15) is 23.8 Å². The van der Waals surface area contributed by atoms with Gasteiger partial charge in [-0.25, -0.2) is 0 Å². The van der Waals surface area contributed by atoms with E-state index in [9.17, 15) is 14.9 Å². The number of piperidine rings is 1. The molecular weight excluding hydrogens is 430 g/mol. The van der Waals surface area contributed by atoms with E-state index in [1.54, 1.807) is 18.4 Å². The lowest BCUT2D eigenvalue weighted by atomic mass is 9.98. The molecule has 0 radical (unpaired) electrons. The standard InChI is InChI=1S/C22H23N5O4S/c1-31-19-5-3-2-4-18(19)22-25-24-21(32-22)15-10-12-26(13-11-15)14-20(28)23-16-6-8-17(9-7-16)27(29)30/h2-9,15H,10-14H2,1H3,(H,23,28). The molecule has 1 N–H and O–H groups in total. The zero-order valence-corrected chi connectivity index (χ0v) is 18.4. The number of non-ortho nitro benzene ring substituents is 1. The molecule has 0 aliphatic carbocycles. The molecule has 0 saturated carbocycles. The fraction of sp³-hybridized carbons (Fsp3) is 0.318. The second-order valence-corrected chi connectivity index (χ2v) is 8.56. The molecule has 10 heteroatoms. The van der Waals surface area contributed by atoms with Crippen molar-refractivity contribution in [1.82, 2.24) is 15.1 Å². The molecule has 0 unspecified atom stereocenters. The summed E-state index contributed by atoms with van der Waals surface area (Å²) in [5.41, 5.74) is 1.49. The number of nitro groups is 1. The number of rotatable bonds is 7. The van der Waals surface area contributed by atoms with Crippen molar-refractivity contribution in [2.24, 2.45) is 0 Å². The number of nitro benzene ring substituents is 1. The molecule has 1 amide bonds. The van der Waals surface area contributed by atoms with E-state index in [1.807, 2.05) is 24.3 Å². The zero-order chi connectivity index (χ0) is 22.5. The maximum Gasteiger partial charge on any atom is 0.269 e. The van der Waals surface area contributed by atoms with Crippen molar-refractivity contribution >= 4 is 28.6 Å². The molecule has 0 spiro atoms. The Morgan fingerprint density at radius 2 is 1.91 bits per heavy atom. The number of para-hydroxylation sites is 1. The number of carbonyl (C=O) groups is 1. The zero-order valence-electron chi connectivity index (χ0n) is 17.6. The van der Waals surface area contributed by atoms with E-state index in [1.165, 1.54) is 24.3 Å². The number of ether oxygens (including phenoxy) is 1. The van der Waals surface area contributed by atoms with E-state index in [-0.39, 0.29) is 18.1 Å². The summed E-state index contributed by atoms with van der Waals surface area (Å²) >= 11 is 1.59. The van der Waals surface area contributed by atoms with Gasteiger partial charge in [0.2, 0.25) is 5.91 Å². The van der Waals surface area contributed by atoms with Crippen LogP contribution in [0, 0.1) is 10.1 Å². The average molecular weight is 454 g/mol. The van der Waals surface area contributed by atoms with Gasteiger partial charge in [0.15, 0.2) is 5.01 Å². The summed E-state index contributed by atoms with van der Waals surface area (Å²) in [6.07, 6.45) is 1.82. The molecule has 1 aliphatic rings. The molecule has 32 heavy (non-hydrogen) atoms. The predicted octanol–water partition coefficient (Wildman–Crippen LogP) is 3.94. The summed E-state index contributed by atoms with van der Waals surface area (Å²) < 4.78 is 5.43. The first-order valence-electron chi connectivity index (χ1n) is 10.3. The smallest absolute Gasteiger partial charge is 0.269 e. The quantitative estimate of drug-likeness (QED) is 0.426. The minimum atomic E-state index is -0.465. The van der Waals surface area contributed by atoms with Gasteiger partial charge in [-0.05, 0) is 50.2 Å². The highest BCUT2D eigenvalue weighted by Crippen LogP contribution is 2.36. The van der Waals surface area contributed by atoms with Gasteiger partial charge in [0.25, 0.3) is 5.69 Å². The van der Waals surface area contributed by atoms with E-state index in [0.29, 0.717) is 11.6 Å². The van der Waals surface area contributed by atoms with Gasteiger partial charge in [-0.1, -0.05) is 23.5 Å². The number of carbonyl (C=O) groups excluding carboxylic acids is 1. The number of nitrogens with zero attached hydrogens (tertiary/aromatic N) is 4. The van der Waals surface area contributed by atoms with Crippen LogP contribution >= 0.6 is 11.3 Å². The number of aromatic nitrogens is 2. The minimum absolute atomic E-state index is 0.00406. The summed E-state index contributed by atoms with van der Waals surface area (Å²) in [4.78, 5) is 24.7. The molecule has 2 heterocycles.